The van der Waals surface area contributed by atoms with E-state index in [4.69, 9.17) is 11.6 Å². The van der Waals surface area contributed by atoms with Crippen molar-refractivity contribution < 1.29 is 4.39 Å². The summed E-state index contributed by atoms with van der Waals surface area (Å²) >= 11 is 6.16. The van der Waals surface area contributed by atoms with Crippen molar-refractivity contribution in [3.8, 4) is 0 Å². The second-order valence-corrected chi connectivity index (χ2v) is 6.45. The van der Waals surface area contributed by atoms with Gasteiger partial charge in [0.05, 0.1) is 0 Å². The highest BCUT2D eigenvalue weighted by molar-refractivity contribution is 6.31. The molecule has 2 nitrogen and oxygen atoms in total. The van der Waals surface area contributed by atoms with E-state index >= 15 is 0 Å². The Balaban J connectivity index is 1.64. The van der Waals surface area contributed by atoms with Crippen molar-refractivity contribution in [2.75, 3.05) is 13.1 Å². The van der Waals surface area contributed by atoms with Gasteiger partial charge in [0.2, 0.25) is 0 Å². The van der Waals surface area contributed by atoms with Gasteiger partial charge in [-0.25, -0.2) is 4.39 Å². The van der Waals surface area contributed by atoms with Gasteiger partial charge in [0.25, 0.3) is 0 Å². The summed E-state index contributed by atoms with van der Waals surface area (Å²) in [5.74, 6) is -0.259. The Morgan fingerprint density at radius 1 is 1.25 bits per heavy atom. The van der Waals surface area contributed by atoms with Gasteiger partial charge in [-0.15, -0.1) is 0 Å². The zero-order chi connectivity index (χ0) is 13.9. The van der Waals surface area contributed by atoms with Gasteiger partial charge in [-0.1, -0.05) is 24.1 Å². The van der Waals surface area contributed by atoms with Gasteiger partial charge in [-0.2, -0.15) is 0 Å². The van der Waals surface area contributed by atoms with Crippen LogP contribution in [0.15, 0.2) is 18.2 Å². The molecule has 3 rings (SSSR count). The summed E-state index contributed by atoms with van der Waals surface area (Å²) in [4.78, 5) is 2.52. The van der Waals surface area contributed by atoms with E-state index < -0.39 is 0 Å². The van der Waals surface area contributed by atoms with Crippen LogP contribution >= 0.6 is 11.6 Å². The van der Waals surface area contributed by atoms with Crippen LogP contribution in [0, 0.1) is 5.82 Å². The Hall–Kier alpha value is -0.640. The summed E-state index contributed by atoms with van der Waals surface area (Å²) in [5.41, 5.74) is 1.04. The van der Waals surface area contributed by atoms with E-state index in [1.807, 2.05) is 6.07 Å². The van der Waals surface area contributed by atoms with Crippen molar-refractivity contribution >= 4 is 11.6 Å². The number of benzene rings is 1. The monoisotopic (exact) mass is 296 g/mol. The summed E-state index contributed by atoms with van der Waals surface area (Å²) < 4.78 is 13.1. The maximum Gasteiger partial charge on any atom is 0.124 e. The highest BCUT2D eigenvalue weighted by Gasteiger charge is 2.31. The first kappa shape index (κ1) is 14.3. The summed E-state index contributed by atoms with van der Waals surface area (Å²) in [7, 11) is 0. The molecule has 2 aliphatic rings. The third-order valence-corrected chi connectivity index (χ3v) is 4.67. The predicted octanol–water partition coefficient (Wildman–Crippen LogP) is 3.59. The van der Waals surface area contributed by atoms with Gasteiger partial charge in [0.1, 0.15) is 5.82 Å². The molecule has 1 saturated carbocycles. The molecule has 0 aromatic heterocycles. The van der Waals surface area contributed by atoms with E-state index in [2.05, 4.69) is 10.2 Å². The topological polar surface area (TPSA) is 15.3 Å². The third kappa shape index (κ3) is 3.72. The van der Waals surface area contributed by atoms with Gasteiger partial charge in [-0.05, 0) is 49.9 Å². The summed E-state index contributed by atoms with van der Waals surface area (Å²) in [6.07, 6.45) is 6.45. The van der Waals surface area contributed by atoms with E-state index in [-0.39, 0.29) is 5.82 Å². The number of halogens is 2. The van der Waals surface area contributed by atoms with E-state index in [9.17, 15) is 4.39 Å². The number of nitrogens with zero attached hydrogens (tertiary/aromatic N) is 1. The van der Waals surface area contributed by atoms with Crippen LogP contribution in [-0.2, 0) is 6.54 Å². The highest BCUT2D eigenvalue weighted by Crippen LogP contribution is 2.30. The molecule has 1 saturated heterocycles. The van der Waals surface area contributed by atoms with Crippen LogP contribution in [0.4, 0.5) is 4.39 Å². The molecule has 20 heavy (non-hydrogen) atoms. The molecule has 110 valence electrons. The highest BCUT2D eigenvalue weighted by atomic mass is 35.5. The Labute approximate surface area is 125 Å². The summed E-state index contributed by atoms with van der Waals surface area (Å²) in [6.45, 7) is 3.06. The fraction of sp³-hybridized carbons (Fsp3) is 0.625. The van der Waals surface area contributed by atoms with Crippen molar-refractivity contribution in [1.82, 2.24) is 10.2 Å². The maximum atomic E-state index is 13.1. The molecule has 0 bridgehead atoms. The quantitative estimate of drug-likeness (QED) is 0.893. The normalized spacial score (nSPS) is 23.2. The van der Waals surface area contributed by atoms with Crippen molar-refractivity contribution in [3.63, 3.8) is 0 Å². The fourth-order valence-electron chi connectivity index (χ4n) is 3.01. The number of rotatable bonds is 5. The van der Waals surface area contributed by atoms with Crippen LogP contribution < -0.4 is 5.32 Å². The van der Waals surface area contributed by atoms with Gasteiger partial charge >= 0.3 is 0 Å². The molecule has 1 aliphatic carbocycles. The zero-order valence-corrected chi connectivity index (χ0v) is 12.5. The molecule has 1 N–H and O–H groups in total. The molecule has 1 unspecified atom stereocenters. The average molecular weight is 297 g/mol. The molecule has 0 amide bonds. The molecular formula is C16H22ClFN2. The van der Waals surface area contributed by atoms with Crippen molar-refractivity contribution in [2.24, 2.45) is 0 Å². The lowest BCUT2D eigenvalue weighted by Gasteiger charge is -2.31. The first-order chi connectivity index (χ1) is 9.72. The van der Waals surface area contributed by atoms with Crippen LogP contribution in [0.1, 0.15) is 37.7 Å². The standard InChI is InChI=1S/C16H22ClFN2/c17-16-9-13(18)5-4-12(16)10-20(15-6-7-15)11-14-3-1-2-8-19-14/h4-5,9,14-15,19H,1-3,6-8,10-11H2. The molecule has 1 aromatic carbocycles. The van der Waals surface area contributed by atoms with E-state index in [0.29, 0.717) is 17.1 Å². The molecule has 1 heterocycles. The molecule has 2 fully saturated rings. The van der Waals surface area contributed by atoms with Crippen molar-refractivity contribution in [1.29, 1.82) is 0 Å². The third-order valence-electron chi connectivity index (χ3n) is 4.32. The molecule has 4 heteroatoms. The smallest absolute Gasteiger partial charge is 0.124 e. The van der Waals surface area contributed by atoms with E-state index in [0.717, 1.165) is 25.2 Å². The first-order valence-electron chi connectivity index (χ1n) is 7.64. The van der Waals surface area contributed by atoms with Crippen molar-refractivity contribution in [2.45, 2.75) is 50.7 Å². The molecule has 1 atom stereocenters. The van der Waals surface area contributed by atoms with E-state index in [1.54, 1.807) is 0 Å². The second-order valence-electron chi connectivity index (χ2n) is 6.04. The Morgan fingerprint density at radius 2 is 2.10 bits per heavy atom. The number of hydrogen-bond donors (Lipinski definition) is 1. The fourth-order valence-corrected chi connectivity index (χ4v) is 3.24. The van der Waals surface area contributed by atoms with E-state index in [1.165, 1.54) is 44.2 Å². The lowest BCUT2D eigenvalue weighted by Crippen LogP contribution is -2.44. The van der Waals surface area contributed by atoms with Crippen LogP contribution in [0.25, 0.3) is 0 Å². The number of hydrogen-bond acceptors (Lipinski definition) is 2. The molecule has 0 radical (unpaired) electrons. The zero-order valence-electron chi connectivity index (χ0n) is 11.7. The van der Waals surface area contributed by atoms with Gasteiger partial charge in [-0.3, -0.25) is 4.90 Å². The van der Waals surface area contributed by atoms with Crippen molar-refractivity contribution in [3.05, 3.63) is 34.6 Å². The lowest BCUT2D eigenvalue weighted by molar-refractivity contribution is 0.208. The Bertz CT molecular complexity index is 456. The first-order valence-corrected chi connectivity index (χ1v) is 8.01. The minimum atomic E-state index is -0.259. The minimum Gasteiger partial charge on any atom is -0.313 e. The van der Waals surface area contributed by atoms with Gasteiger partial charge in [0, 0.05) is 30.2 Å². The number of nitrogens with one attached hydrogen (secondary N) is 1. The average Bonchev–Trinajstić information content (AvgIpc) is 3.26. The lowest BCUT2D eigenvalue weighted by atomic mass is 10.0. The second kappa shape index (κ2) is 6.42. The molecule has 0 spiro atoms. The molecule has 1 aromatic rings. The largest absolute Gasteiger partial charge is 0.313 e. The summed E-state index contributed by atoms with van der Waals surface area (Å²) in [6, 6.07) is 6.04. The van der Waals surface area contributed by atoms with Crippen LogP contribution in [0.5, 0.6) is 0 Å². The Morgan fingerprint density at radius 3 is 2.75 bits per heavy atom. The summed E-state index contributed by atoms with van der Waals surface area (Å²) in [5, 5.41) is 4.16. The molecular weight excluding hydrogens is 275 g/mol. The van der Waals surface area contributed by atoms with Crippen LogP contribution in [0.2, 0.25) is 5.02 Å². The maximum absolute atomic E-state index is 13.1. The minimum absolute atomic E-state index is 0.259. The van der Waals surface area contributed by atoms with Crippen LogP contribution in [0.3, 0.4) is 0 Å². The van der Waals surface area contributed by atoms with Crippen LogP contribution in [-0.4, -0.2) is 30.1 Å². The Kier molecular flexibility index (Phi) is 4.59. The predicted molar refractivity (Wildman–Crippen MR) is 80.5 cm³/mol. The SMILES string of the molecule is Fc1ccc(CN(CC2CCCCN2)C2CC2)c(Cl)c1. The van der Waals surface area contributed by atoms with Gasteiger partial charge < -0.3 is 5.32 Å². The van der Waals surface area contributed by atoms with Gasteiger partial charge in [0.15, 0.2) is 0 Å². The number of piperidine rings is 1. The molecule has 1 aliphatic heterocycles.